The van der Waals surface area contributed by atoms with Gasteiger partial charge < -0.3 is 15.0 Å². The number of nitrogens with zero attached hydrogens (tertiary/aromatic N) is 1. The number of hydrogen-bond acceptors (Lipinski definition) is 6. The Hall–Kier alpha value is -1.96. The number of benzene rings is 1. The SMILES string of the molecule is O=C1CCC(NC2OC2c2ccc(N3CCNCC3)cc2)C(=O)N1. The van der Waals surface area contributed by atoms with Crippen molar-refractivity contribution in [2.24, 2.45) is 0 Å². The van der Waals surface area contributed by atoms with Gasteiger partial charge in [-0.25, -0.2) is 0 Å². The van der Waals surface area contributed by atoms with Crippen LogP contribution in [0.4, 0.5) is 5.69 Å². The smallest absolute Gasteiger partial charge is 0.243 e. The maximum atomic E-state index is 11.8. The van der Waals surface area contributed by atoms with Crippen LogP contribution in [-0.4, -0.2) is 50.3 Å². The van der Waals surface area contributed by atoms with Crippen LogP contribution < -0.4 is 20.9 Å². The second-order valence-electron chi connectivity index (χ2n) is 6.48. The largest absolute Gasteiger partial charge is 0.369 e. The first-order valence-electron chi connectivity index (χ1n) is 8.51. The highest BCUT2D eigenvalue weighted by Crippen LogP contribution is 2.38. The number of carbonyl (C=O) groups excluding carboxylic acids is 2. The van der Waals surface area contributed by atoms with Gasteiger partial charge in [-0.1, -0.05) is 12.1 Å². The first-order chi connectivity index (χ1) is 11.7. The number of piperazine rings is 1. The Bertz CT molecular complexity index is 627. The second-order valence-corrected chi connectivity index (χ2v) is 6.48. The first kappa shape index (κ1) is 15.6. The average Bonchev–Trinajstić information content (AvgIpc) is 3.38. The molecular formula is C17H22N4O3. The van der Waals surface area contributed by atoms with E-state index in [0.29, 0.717) is 12.8 Å². The zero-order valence-corrected chi connectivity index (χ0v) is 13.5. The zero-order valence-electron chi connectivity index (χ0n) is 13.5. The maximum Gasteiger partial charge on any atom is 0.243 e. The summed E-state index contributed by atoms with van der Waals surface area (Å²) < 4.78 is 5.67. The molecule has 4 rings (SSSR count). The minimum Gasteiger partial charge on any atom is -0.369 e. The number of ether oxygens (including phenoxy) is 1. The number of rotatable bonds is 4. The summed E-state index contributed by atoms with van der Waals surface area (Å²) in [5.74, 6) is -0.454. The van der Waals surface area contributed by atoms with E-state index in [1.165, 1.54) is 5.69 Å². The van der Waals surface area contributed by atoms with Crippen LogP contribution in [-0.2, 0) is 14.3 Å². The fourth-order valence-corrected chi connectivity index (χ4v) is 3.34. The minimum absolute atomic E-state index is 0.0208. The van der Waals surface area contributed by atoms with Crippen LogP contribution >= 0.6 is 0 Å². The lowest BCUT2D eigenvalue weighted by Gasteiger charge is -2.29. The van der Waals surface area contributed by atoms with E-state index in [0.717, 1.165) is 31.7 Å². The molecule has 0 radical (unpaired) electrons. The number of anilines is 1. The van der Waals surface area contributed by atoms with E-state index in [-0.39, 0.29) is 30.2 Å². The molecule has 3 N–H and O–H groups in total. The molecule has 3 aliphatic heterocycles. The van der Waals surface area contributed by atoms with Gasteiger partial charge in [0.1, 0.15) is 12.3 Å². The fourth-order valence-electron chi connectivity index (χ4n) is 3.34. The van der Waals surface area contributed by atoms with Gasteiger partial charge in [0.05, 0.1) is 6.04 Å². The summed E-state index contributed by atoms with van der Waals surface area (Å²) in [5.41, 5.74) is 2.34. The van der Waals surface area contributed by atoms with Gasteiger partial charge in [0.25, 0.3) is 0 Å². The van der Waals surface area contributed by atoms with Crippen LogP contribution in [0.2, 0.25) is 0 Å². The van der Waals surface area contributed by atoms with Crippen molar-refractivity contribution in [2.45, 2.75) is 31.2 Å². The van der Waals surface area contributed by atoms with Crippen molar-refractivity contribution < 1.29 is 14.3 Å². The number of imide groups is 1. The molecule has 3 saturated heterocycles. The third kappa shape index (κ3) is 3.28. The average molecular weight is 330 g/mol. The summed E-state index contributed by atoms with van der Waals surface area (Å²) in [4.78, 5) is 25.3. The Balaban J connectivity index is 1.33. The molecule has 7 heteroatoms. The van der Waals surface area contributed by atoms with Crippen LogP contribution in [0.3, 0.4) is 0 Å². The Morgan fingerprint density at radius 3 is 2.58 bits per heavy atom. The van der Waals surface area contributed by atoms with Gasteiger partial charge >= 0.3 is 0 Å². The van der Waals surface area contributed by atoms with E-state index in [9.17, 15) is 9.59 Å². The molecule has 0 bridgehead atoms. The molecule has 0 aliphatic carbocycles. The predicted molar refractivity (Wildman–Crippen MR) is 88.4 cm³/mol. The summed E-state index contributed by atoms with van der Waals surface area (Å²) in [7, 11) is 0. The van der Waals surface area contributed by atoms with E-state index in [4.69, 9.17) is 4.74 Å². The molecule has 3 unspecified atom stereocenters. The molecular weight excluding hydrogens is 308 g/mol. The first-order valence-corrected chi connectivity index (χ1v) is 8.51. The monoisotopic (exact) mass is 330 g/mol. The molecule has 128 valence electrons. The number of hydrogen-bond donors (Lipinski definition) is 3. The van der Waals surface area contributed by atoms with Crippen molar-refractivity contribution in [3.63, 3.8) is 0 Å². The topological polar surface area (TPSA) is 86.0 Å². The Kier molecular flexibility index (Phi) is 4.22. The summed E-state index contributed by atoms with van der Waals surface area (Å²) in [6.07, 6.45) is 0.728. The molecule has 3 aliphatic rings. The molecule has 1 aromatic carbocycles. The predicted octanol–water partition coefficient (Wildman–Crippen LogP) is -0.112. The molecule has 2 amide bonds. The Labute approximate surface area is 140 Å². The molecule has 0 aromatic heterocycles. The van der Waals surface area contributed by atoms with Crippen molar-refractivity contribution in [1.29, 1.82) is 0 Å². The van der Waals surface area contributed by atoms with E-state index in [1.54, 1.807) is 0 Å². The standard InChI is InChI=1S/C17H22N4O3/c22-14-6-5-13(16(23)20-14)19-17-15(24-17)11-1-3-12(4-2-11)21-9-7-18-8-10-21/h1-4,13,15,17-19H,5-10H2,(H,20,22,23). The second kappa shape index (κ2) is 6.51. The molecule has 0 saturated carbocycles. The van der Waals surface area contributed by atoms with Crippen LogP contribution in [0.1, 0.15) is 24.5 Å². The van der Waals surface area contributed by atoms with Crippen molar-refractivity contribution in [2.75, 3.05) is 31.1 Å². The third-order valence-corrected chi connectivity index (χ3v) is 4.80. The molecule has 3 heterocycles. The van der Waals surface area contributed by atoms with Crippen molar-refractivity contribution in [3.8, 4) is 0 Å². The minimum atomic E-state index is -0.349. The lowest BCUT2D eigenvalue weighted by molar-refractivity contribution is -0.134. The highest BCUT2D eigenvalue weighted by atomic mass is 16.6. The van der Waals surface area contributed by atoms with Gasteiger partial charge in [-0.15, -0.1) is 0 Å². The van der Waals surface area contributed by atoms with Crippen LogP contribution in [0.25, 0.3) is 0 Å². The third-order valence-electron chi connectivity index (χ3n) is 4.80. The Morgan fingerprint density at radius 1 is 1.12 bits per heavy atom. The van der Waals surface area contributed by atoms with E-state index in [1.807, 2.05) is 0 Å². The van der Waals surface area contributed by atoms with E-state index < -0.39 is 0 Å². The Morgan fingerprint density at radius 2 is 1.88 bits per heavy atom. The number of epoxide rings is 1. The molecule has 3 fully saturated rings. The quantitative estimate of drug-likeness (QED) is 0.527. The molecule has 0 spiro atoms. The van der Waals surface area contributed by atoms with Gasteiger partial charge in [-0.2, -0.15) is 0 Å². The van der Waals surface area contributed by atoms with Gasteiger partial charge in [-0.3, -0.25) is 20.2 Å². The highest BCUT2D eigenvalue weighted by molar-refractivity contribution is 6.00. The summed E-state index contributed by atoms with van der Waals surface area (Å²) in [6, 6.07) is 8.09. The molecule has 24 heavy (non-hydrogen) atoms. The van der Waals surface area contributed by atoms with Gasteiger partial charge in [-0.05, 0) is 24.1 Å². The number of carbonyl (C=O) groups is 2. The number of amides is 2. The summed E-state index contributed by atoms with van der Waals surface area (Å²) >= 11 is 0. The molecule has 1 aromatic rings. The highest BCUT2D eigenvalue weighted by Gasteiger charge is 2.43. The van der Waals surface area contributed by atoms with Gasteiger partial charge in [0.2, 0.25) is 11.8 Å². The fraction of sp³-hybridized carbons (Fsp3) is 0.529. The van der Waals surface area contributed by atoms with Gasteiger partial charge in [0.15, 0.2) is 0 Å². The number of nitrogens with one attached hydrogen (secondary N) is 3. The van der Waals surface area contributed by atoms with Crippen LogP contribution in [0.5, 0.6) is 0 Å². The van der Waals surface area contributed by atoms with Gasteiger partial charge in [0, 0.05) is 38.3 Å². The van der Waals surface area contributed by atoms with Crippen molar-refractivity contribution in [1.82, 2.24) is 16.0 Å². The lowest BCUT2D eigenvalue weighted by Crippen LogP contribution is -2.51. The summed E-state index contributed by atoms with van der Waals surface area (Å²) in [5, 5.41) is 8.89. The lowest BCUT2D eigenvalue weighted by atomic mass is 10.1. The molecule has 7 nitrogen and oxygen atoms in total. The van der Waals surface area contributed by atoms with Crippen molar-refractivity contribution >= 4 is 17.5 Å². The van der Waals surface area contributed by atoms with Crippen LogP contribution in [0, 0.1) is 0 Å². The summed E-state index contributed by atoms with van der Waals surface area (Å²) in [6.45, 7) is 4.09. The number of piperidine rings is 1. The maximum absolute atomic E-state index is 11.8. The van der Waals surface area contributed by atoms with E-state index in [2.05, 4.69) is 45.1 Å². The van der Waals surface area contributed by atoms with Crippen molar-refractivity contribution in [3.05, 3.63) is 29.8 Å². The van der Waals surface area contributed by atoms with Crippen LogP contribution in [0.15, 0.2) is 24.3 Å². The van der Waals surface area contributed by atoms with E-state index >= 15 is 0 Å². The molecule has 3 atom stereocenters. The normalized spacial score (nSPS) is 30.2. The zero-order chi connectivity index (χ0) is 16.5.